The lowest BCUT2D eigenvalue weighted by molar-refractivity contribution is -0.180. The van der Waals surface area contributed by atoms with Crippen molar-refractivity contribution in [2.75, 3.05) is 6.61 Å². The van der Waals surface area contributed by atoms with Gasteiger partial charge < -0.3 is 13.9 Å². The monoisotopic (exact) mass is 378 g/mol. The van der Waals surface area contributed by atoms with Gasteiger partial charge in [0.25, 0.3) is 0 Å². The third-order valence-corrected chi connectivity index (χ3v) is 10.3. The number of carbonyl (C=O) groups is 1. The Labute approximate surface area is 159 Å². The van der Waals surface area contributed by atoms with Crippen LogP contribution in [-0.2, 0) is 25.3 Å². The van der Waals surface area contributed by atoms with E-state index in [0.717, 1.165) is 5.56 Å². The second-order valence-corrected chi connectivity index (χ2v) is 13.7. The quantitative estimate of drug-likeness (QED) is 0.679. The molecule has 146 valence electrons. The average molecular weight is 379 g/mol. The Morgan fingerprint density at radius 2 is 1.73 bits per heavy atom. The molecule has 0 radical (unpaired) electrons. The molecule has 1 aromatic rings. The van der Waals surface area contributed by atoms with Gasteiger partial charge in [0, 0.05) is 5.92 Å². The van der Waals surface area contributed by atoms with Gasteiger partial charge >= 0.3 is 0 Å². The van der Waals surface area contributed by atoms with Gasteiger partial charge in [0.2, 0.25) is 0 Å². The maximum Gasteiger partial charge on any atom is 0.192 e. The first-order valence-corrected chi connectivity index (χ1v) is 12.4. The van der Waals surface area contributed by atoms with Crippen molar-refractivity contribution in [2.45, 2.75) is 77.7 Å². The molecule has 2 rings (SSSR count). The lowest BCUT2D eigenvalue weighted by Gasteiger charge is -2.41. The molecule has 0 N–H and O–H groups in total. The molecule has 1 heterocycles. The van der Waals surface area contributed by atoms with Gasteiger partial charge in [-0.15, -0.1) is 0 Å². The van der Waals surface area contributed by atoms with E-state index < -0.39 is 14.4 Å². The Balaban J connectivity index is 1.95. The van der Waals surface area contributed by atoms with Crippen LogP contribution in [0, 0.1) is 5.92 Å². The van der Waals surface area contributed by atoms with Crippen LogP contribution in [0.4, 0.5) is 0 Å². The van der Waals surface area contributed by atoms with Crippen molar-refractivity contribution in [3.8, 4) is 0 Å². The zero-order valence-electron chi connectivity index (χ0n) is 17.2. The summed E-state index contributed by atoms with van der Waals surface area (Å²) in [5.41, 5.74) is 1.10. The molecule has 1 saturated heterocycles. The minimum atomic E-state index is -1.90. The van der Waals surface area contributed by atoms with Crippen molar-refractivity contribution in [3.05, 3.63) is 35.9 Å². The predicted molar refractivity (Wildman–Crippen MR) is 107 cm³/mol. The molecular formula is C21H34O4Si. The Kier molecular flexibility index (Phi) is 6.83. The minimum absolute atomic E-state index is 0.0832. The number of rotatable bonds is 6. The molecule has 0 spiro atoms. The Bertz CT molecular complexity index is 594. The summed E-state index contributed by atoms with van der Waals surface area (Å²) in [6.07, 6.45) is -0.864. The topological polar surface area (TPSA) is 44.8 Å². The summed E-state index contributed by atoms with van der Waals surface area (Å²) in [5.74, 6) is -0.115. The van der Waals surface area contributed by atoms with Crippen LogP contribution in [0.25, 0.3) is 0 Å². The molecule has 4 atom stereocenters. The second-order valence-electron chi connectivity index (χ2n) is 8.85. The van der Waals surface area contributed by atoms with E-state index in [1.807, 2.05) is 44.2 Å². The van der Waals surface area contributed by atoms with Gasteiger partial charge in [-0.3, -0.25) is 4.79 Å². The summed E-state index contributed by atoms with van der Waals surface area (Å²) in [5, 5.41) is 0.114. The third-order valence-electron chi connectivity index (χ3n) is 5.79. The lowest BCUT2D eigenvalue weighted by Crippen LogP contribution is -2.53. The van der Waals surface area contributed by atoms with E-state index in [2.05, 4.69) is 33.9 Å². The maximum absolute atomic E-state index is 12.8. The normalized spacial score (nSPS) is 27.6. The van der Waals surface area contributed by atoms with Crippen LogP contribution in [0.2, 0.25) is 18.1 Å². The van der Waals surface area contributed by atoms with Gasteiger partial charge in [-0.05, 0) is 30.6 Å². The van der Waals surface area contributed by atoms with Crippen LogP contribution in [0.3, 0.4) is 0 Å². The molecule has 4 nitrogen and oxygen atoms in total. The van der Waals surface area contributed by atoms with Gasteiger partial charge in [0.15, 0.2) is 14.1 Å². The van der Waals surface area contributed by atoms with Gasteiger partial charge in [-0.25, -0.2) is 0 Å². The lowest BCUT2D eigenvalue weighted by atomic mass is 9.89. The van der Waals surface area contributed by atoms with Crippen molar-refractivity contribution in [1.29, 1.82) is 0 Å². The van der Waals surface area contributed by atoms with Crippen molar-refractivity contribution >= 4 is 14.1 Å². The summed E-state index contributed by atoms with van der Waals surface area (Å²) in [6.45, 7) is 15.7. The molecule has 2 unspecified atom stereocenters. The minimum Gasteiger partial charge on any atom is -0.414 e. The molecule has 1 aliphatic heterocycles. The van der Waals surface area contributed by atoms with E-state index in [1.54, 1.807) is 0 Å². The van der Waals surface area contributed by atoms with Crippen molar-refractivity contribution in [1.82, 2.24) is 0 Å². The average Bonchev–Trinajstić information content (AvgIpc) is 2.56. The molecular weight excluding hydrogens is 344 g/mol. The van der Waals surface area contributed by atoms with E-state index in [9.17, 15) is 4.79 Å². The van der Waals surface area contributed by atoms with Gasteiger partial charge in [0.1, 0.15) is 6.10 Å². The molecule has 5 heteroatoms. The third kappa shape index (κ3) is 5.03. The highest BCUT2D eigenvalue weighted by Gasteiger charge is 2.43. The summed E-state index contributed by atoms with van der Waals surface area (Å²) < 4.78 is 18.3. The first-order chi connectivity index (χ1) is 12.0. The number of carbonyl (C=O) groups excluding carboxylic acids is 1. The zero-order valence-corrected chi connectivity index (χ0v) is 18.2. The smallest absolute Gasteiger partial charge is 0.192 e. The fourth-order valence-corrected chi connectivity index (χ4v) is 3.93. The summed E-state index contributed by atoms with van der Waals surface area (Å²) >= 11 is 0. The van der Waals surface area contributed by atoms with Gasteiger partial charge in [-0.1, -0.05) is 58.0 Å². The fraction of sp³-hybridized carbons (Fsp3) is 0.667. The summed E-state index contributed by atoms with van der Waals surface area (Å²) in [6, 6.07) is 10.0. The van der Waals surface area contributed by atoms with E-state index >= 15 is 0 Å². The first kappa shape index (κ1) is 21.3. The number of ketones is 1. The highest BCUT2D eigenvalue weighted by atomic mass is 28.4. The van der Waals surface area contributed by atoms with Crippen LogP contribution < -0.4 is 0 Å². The van der Waals surface area contributed by atoms with Crippen LogP contribution >= 0.6 is 0 Å². The molecule has 0 aliphatic carbocycles. The van der Waals surface area contributed by atoms with Crippen LogP contribution in [-0.4, -0.2) is 39.0 Å². The standard InChI is InChI=1S/C21H34O4Si/c1-15-19(22)18(14-24-26(6,7)21(3,4)5)25-16(2)20(15)23-13-17-11-9-8-10-12-17/h8-12,15-16,18,20H,13-14H2,1-7H3/t15-,16-,18?,20?/m0/s1. The van der Waals surface area contributed by atoms with Crippen LogP contribution in [0.1, 0.15) is 40.2 Å². The van der Waals surface area contributed by atoms with Crippen LogP contribution in [0.15, 0.2) is 30.3 Å². The Hall–Kier alpha value is -1.01. The predicted octanol–water partition coefficient (Wildman–Crippen LogP) is 4.59. The SMILES string of the molecule is C[C@@H]1OC(CO[Si](C)(C)C(C)(C)C)C(=O)[C@H](C)C1OCc1ccccc1. The molecule has 0 aromatic heterocycles. The fourth-order valence-electron chi connectivity index (χ4n) is 2.93. The number of ether oxygens (including phenoxy) is 2. The maximum atomic E-state index is 12.8. The van der Waals surface area contributed by atoms with Gasteiger partial charge in [-0.2, -0.15) is 0 Å². The molecule has 0 bridgehead atoms. The van der Waals surface area contributed by atoms with Crippen molar-refractivity contribution in [3.63, 3.8) is 0 Å². The zero-order chi connectivity index (χ0) is 19.5. The largest absolute Gasteiger partial charge is 0.414 e. The van der Waals surface area contributed by atoms with Gasteiger partial charge in [0.05, 0.1) is 25.4 Å². The summed E-state index contributed by atoms with van der Waals surface area (Å²) in [4.78, 5) is 12.8. The highest BCUT2D eigenvalue weighted by molar-refractivity contribution is 6.74. The molecule has 1 aliphatic rings. The Morgan fingerprint density at radius 3 is 2.31 bits per heavy atom. The number of Topliss-reactive ketones (excluding diaryl/α,β-unsaturated/α-hetero) is 1. The van der Waals surface area contributed by atoms with E-state index in [1.165, 1.54) is 0 Å². The van der Waals surface area contributed by atoms with Crippen molar-refractivity contribution in [2.24, 2.45) is 5.92 Å². The number of hydrogen-bond donors (Lipinski definition) is 0. The molecule has 1 aromatic carbocycles. The molecule has 0 amide bonds. The number of benzene rings is 1. The second kappa shape index (κ2) is 8.34. The van der Waals surface area contributed by atoms with E-state index in [0.29, 0.717) is 13.2 Å². The van der Waals surface area contributed by atoms with Crippen LogP contribution in [0.5, 0.6) is 0 Å². The highest BCUT2D eigenvalue weighted by Crippen LogP contribution is 2.37. The van der Waals surface area contributed by atoms with Crippen molar-refractivity contribution < 1.29 is 18.7 Å². The number of hydrogen-bond acceptors (Lipinski definition) is 4. The molecule has 26 heavy (non-hydrogen) atoms. The van der Waals surface area contributed by atoms with E-state index in [4.69, 9.17) is 13.9 Å². The molecule has 1 fully saturated rings. The van der Waals surface area contributed by atoms with E-state index in [-0.39, 0.29) is 28.9 Å². The Morgan fingerprint density at radius 1 is 1.12 bits per heavy atom. The molecule has 0 saturated carbocycles. The summed E-state index contributed by atoms with van der Waals surface area (Å²) in [7, 11) is -1.90. The first-order valence-electron chi connectivity index (χ1n) is 9.51.